The highest BCUT2D eigenvalue weighted by molar-refractivity contribution is 6.34. The SMILES string of the molecule is O=C1c2ccccc2C(=O)C12O[C@H]2c1cccc(F)c1. The lowest BCUT2D eigenvalue weighted by Crippen LogP contribution is -2.27. The molecule has 2 aromatic carbocycles. The van der Waals surface area contributed by atoms with E-state index < -0.39 is 17.5 Å². The van der Waals surface area contributed by atoms with E-state index in [0.717, 1.165) is 0 Å². The first-order valence-electron chi connectivity index (χ1n) is 6.26. The van der Waals surface area contributed by atoms with Crippen molar-refractivity contribution in [3.8, 4) is 0 Å². The van der Waals surface area contributed by atoms with E-state index in [1.54, 1.807) is 30.3 Å². The average molecular weight is 268 g/mol. The molecule has 2 aliphatic rings. The van der Waals surface area contributed by atoms with Crippen molar-refractivity contribution in [2.75, 3.05) is 0 Å². The van der Waals surface area contributed by atoms with Gasteiger partial charge in [-0.3, -0.25) is 9.59 Å². The van der Waals surface area contributed by atoms with Crippen LogP contribution in [0, 0.1) is 5.82 Å². The van der Waals surface area contributed by atoms with E-state index in [2.05, 4.69) is 0 Å². The first kappa shape index (κ1) is 11.5. The number of halogens is 1. The topological polar surface area (TPSA) is 46.7 Å². The Bertz CT molecular complexity index is 731. The van der Waals surface area contributed by atoms with Gasteiger partial charge in [-0.25, -0.2) is 4.39 Å². The zero-order chi connectivity index (χ0) is 13.9. The summed E-state index contributed by atoms with van der Waals surface area (Å²) < 4.78 is 18.7. The average Bonchev–Trinajstić information content (AvgIpc) is 3.18. The number of carbonyl (C=O) groups excluding carboxylic acids is 2. The lowest BCUT2D eigenvalue weighted by molar-refractivity contribution is 0.0785. The fraction of sp³-hybridized carbons (Fsp3) is 0.125. The predicted molar refractivity (Wildman–Crippen MR) is 68.1 cm³/mol. The molecule has 0 saturated carbocycles. The summed E-state index contributed by atoms with van der Waals surface area (Å²) in [5.41, 5.74) is -0.176. The molecule has 1 atom stereocenters. The Kier molecular flexibility index (Phi) is 2.07. The fourth-order valence-electron chi connectivity index (χ4n) is 2.85. The van der Waals surface area contributed by atoms with Gasteiger partial charge in [-0.05, 0) is 17.7 Å². The van der Waals surface area contributed by atoms with Crippen molar-refractivity contribution in [2.45, 2.75) is 11.7 Å². The molecular weight excluding hydrogens is 259 g/mol. The van der Waals surface area contributed by atoms with E-state index >= 15 is 0 Å². The summed E-state index contributed by atoms with van der Waals surface area (Å²) in [6, 6.07) is 12.5. The second-order valence-corrected chi connectivity index (χ2v) is 4.99. The highest BCUT2D eigenvalue weighted by Gasteiger charge is 2.72. The van der Waals surface area contributed by atoms with Gasteiger partial charge >= 0.3 is 0 Å². The van der Waals surface area contributed by atoms with Crippen LogP contribution in [0.3, 0.4) is 0 Å². The molecule has 0 radical (unpaired) electrons. The molecular formula is C16H9FO3. The van der Waals surface area contributed by atoms with Gasteiger partial charge in [-0.15, -0.1) is 0 Å². The standard InChI is InChI=1S/C16H9FO3/c17-10-5-3-4-9(8-10)15-16(20-15)13(18)11-6-1-2-7-12(11)14(16)19/h1-8,15H/t15-/m0/s1. The third-order valence-electron chi connectivity index (χ3n) is 3.86. The predicted octanol–water partition coefficient (Wildman–Crippen LogP) is 2.72. The van der Waals surface area contributed by atoms with Crippen LogP contribution in [0.5, 0.6) is 0 Å². The van der Waals surface area contributed by atoms with Gasteiger partial charge in [0.1, 0.15) is 11.9 Å². The minimum absolute atomic E-state index is 0.327. The van der Waals surface area contributed by atoms with Crippen molar-refractivity contribution in [2.24, 2.45) is 0 Å². The number of carbonyl (C=O) groups is 2. The molecule has 0 unspecified atom stereocenters. The molecule has 1 aliphatic carbocycles. The molecule has 2 aromatic rings. The number of Topliss-reactive ketones (excluding diaryl/α,β-unsaturated/α-hetero) is 2. The summed E-state index contributed by atoms with van der Waals surface area (Å²) in [5, 5.41) is 0. The van der Waals surface area contributed by atoms with Crippen molar-refractivity contribution >= 4 is 11.6 Å². The maximum Gasteiger partial charge on any atom is 0.224 e. The van der Waals surface area contributed by atoms with Crippen LogP contribution in [-0.4, -0.2) is 17.2 Å². The number of fused-ring (bicyclic) bond motifs is 1. The number of ketones is 2. The molecule has 0 aromatic heterocycles. The third-order valence-corrected chi connectivity index (χ3v) is 3.86. The molecule has 4 heteroatoms. The van der Waals surface area contributed by atoms with Crippen LogP contribution in [0.1, 0.15) is 32.4 Å². The number of hydrogen-bond acceptors (Lipinski definition) is 3. The Hall–Kier alpha value is -2.33. The molecule has 1 heterocycles. The number of benzene rings is 2. The normalized spacial score (nSPS) is 22.1. The van der Waals surface area contributed by atoms with Crippen molar-refractivity contribution in [1.29, 1.82) is 0 Å². The van der Waals surface area contributed by atoms with E-state index in [1.165, 1.54) is 18.2 Å². The summed E-state index contributed by atoms with van der Waals surface area (Å²) in [5.74, 6) is -1.07. The summed E-state index contributed by atoms with van der Waals surface area (Å²) >= 11 is 0. The van der Waals surface area contributed by atoms with Gasteiger partial charge in [0.15, 0.2) is 0 Å². The van der Waals surface area contributed by atoms with Crippen LogP contribution in [-0.2, 0) is 4.74 Å². The largest absolute Gasteiger partial charge is 0.344 e. The number of ether oxygens (including phenoxy) is 1. The minimum Gasteiger partial charge on any atom is -0.344 e. The van der Waals surface area contributed by atoms with E-state index in [9.17, 15) is 14.0 Å². The highest BCUT2D eigenvalue weighted by Crippen LogP contribution is 2.56. The molecule has 0 amide bonds. The number of epoxide rings is 1. The van der Waals surface area contributed by atoms with Gasteiger partial charge in [0.05, 0.1) is 0 Å². The lowest BCUT2D eigenvalue weighted by atomic mass is 9.94. The Morgan fingerprint density at radius 3 is 2.20 bits per heavy atom. The van der Waals surface area contributed by atoms with Gasteiger partial charge in [-0.1, -0.05) is 36.4 Å². The molecule has 1 saturated heterocycles. The second-order valence-electron chi connectivity index (χ2n) is 4.99. The Morgan fingerprint density at radius 1 is 0.950 bits per heavy atom. The quantitative estimate of drug-likeness (QED) is 0.590. The smallest absolute Gasteiger partial charge is 0.224 e. The van der Waals surface area contributed by atoms with Gasteiger partial charge in [-0.2, -0.15) is 0 Å². The number of hydrogen-bond donors (Lipinski definition) is 0. The number of rotatable bonds is 1. The molecule has 3 nitrogen and oxygen atoms in total. The molecule has 20 heavy (non-hydrogen) atoms. The maximum atomic E-state index is 13.3. The Balaban J connectivity index is 1.79. The first-order valence-corrected chi connectivity index (χ1v) is 6.26. The van der Waals surface area contributed by atoms with Crippen molar-refractivity contribution in [1.82, 2.24) is 0 Å². The highest BCUT2D eigenvalue weighted by atomic mass is 19.1. The van der Waals surface area contributed by atoms with Crippen LogP contribution in [0.4, 0.5) is 4.39 Å². The zero-order valence-corrected chi connectivity index (χ0v) is 10.3. The third kappa shape index (κ3) is 1.26. The van der Waals surface area contributed by atoms with E-state index in [4.69, 9.17) is 4.74 Å². The summed E-state index contributed by atoms with van der Waals surface area (Å²) in [7, 11) is 0. The monoisotopic (exact) mass is 268 g/mol. The van der Waals surface area contributed by atoms with Crippen LogP contribution in [0.2, 0.25) is 0 Å². The van der Waals surface area contributed by atoms with Crippen LogP contribution in [0.15, 0.2) is 48.5 Å². The fourth-order valence-corrected chi connectivity index (χ4v) is 2.85. The van der Waals surface area contributed by atoms with Crippen LogP contribution in [0.25, 0.3) is 0 Å². The second kappa shape index (κ2) is 3.61. The van der Waals surface area contributed by atoms with Gasteiger partial charge in [0.25, 0.3) is 0 Å². The Labute approximate surface area is 114 Å². The van der Waals surface area contributed by atoms with Gasteiger partial charge in [0, 0.05) is 11.1 Å². The molecule has 1 fully saturated rings. The van der Waals surface area contributed by atoms with Gasteiger partial charge < -0.3 is 4.74 Å². The molecule has 0 N–H and O–H groups in total. The van der Waals surface area contributed by atoms with E-state index in [-0.39, 0.29) is 11.6 Å². The summed E-state index contributed by atoms with van der Waals surface area (Å²) in [6.45, 7) is 0. The van der Waals surface area contributed by atoms with Crippen molar-refractivity contribution < 1.29 is 18.7 Å². The molecule has 1 spiro atoms. The van der Waals surface area contributed by atoms with Crippen molar-refractivity contribution in [3.63, 3.8) is 0 Å². The van der Waals surface area contributed by atoms with Crippen LogP contribution < -0.4 is 0 Å². The molecule has 1 aliphatic heterocycles. The zero-order valence-electron chi connectivity index (χ0n) is 10.3. The summed E-state index contributed by atoms with van der Waals surface area (Å²) in [4.78, 5) is 24.8. The minimum atomic E-state index is -1.46. The molecule has 0 bridgehead atoms. The van der Waals surface area contributed by atoms with Crippen molar-refractivity contribution in [3.05, 3.63) is 71.0 Å². The first-order chi connectivity index (χ1) is 9.64. The van der Waals surface area contributed by atoms with E-state index in [1.807, 2.05) is 0 Å². The van der Waals surface area contributed by atoms with Gasteiger partial charge in [0.2, 0.25) is 17.2 Å². The van der Waals surface area contributed by atoms with Crippen LogP contribution >= 0.6 is 0 Å². The summed E-state index contributed by atoms with van der Waals surface area (Å²) in [6.07, 6.45) is -0.689. The maximum absolute atomic E-state index is 13.3. The Morgan fingerprint density at radius 2 is 1.60 bits per heavy atom. The molecule has 4 rings (SSSR count). The van der Waals surface area contributed by atoms with E-state index in [0.29, 0.717) is 16.7 Å². The lowest BCUT2D eigenvalue weighted by Gasteiger charge is -2.00. The molecule has 98 valence electrons.